The average Bonchev–Trinajstić information content (AvgIpc) is 2.19. The second-order valence-electron chi connectivity index (χ2n) is 3.37. The van der Waals surface area contributed by atoms with E-state index in [1.54, 1.807) is 0 Å². The second kappa shape index (κ2) is 4.16. The van der Waals surface area contributed by atoms with Gasteiger partial charge in [0, 0.05) is 0 Å². The van der Waals surface area contributed by atoms with Crippen LogP contribution < -0.4 is 0 Å². The third kappa shape index (κ3) is 1.94. The maximum atomic E-state index is 10.8. The molecule has 0 aromatic heterocycles. The normalized spacial score (nSPS) is 45.6. The Morgan fingerprint density at radius 2 is 1.69 bits per heavy atom. The predicted octanol–water partition coefficient (Wildman–Crippen LogP) is -4.01. The number of aliphatic hydroxyl groups excluding tert-OH is 4. The molecule has 0 spiro atoms. The maximum absolute atomic E-state index is 10.8. The van der Waals surface area contributed by atoms with Crippen molar-refractivity contribution in [1.29, 1.82) is 0 Å². The van der Waals surface area contributed by atoms with Crippen LogP contribution in [0.4, 0.5) is 0 Å². The lowest BCUT2D eigenvalue weighted by Crippen LogP contribution is -2.67. The quantitative estimate of drug-likeness (QED) is 0.271. The highest BCUT2D eigenvalue weighted by molar-refractivity contribution is 7.86. The summed E-state index contributed by atoms with van der Waals surface area (Å²) in [5.41, 5.74) is 0. The van der Waals surface area contributed by atoms with Gasteiger partial charge in [-0.3, -0.25) is 4.55 Å². The molecule has 0 radical (unpaired) electrons. The number of aliphatic hydroxyl groups is 5. The van der Waals surface area contributed by atoms with E-state index in [1.807, 2.05) is 0 Å². The monoisotopic (exact) mass is 260 g/mol. The maximum Gasteiger partial charge on any atom is 0.327 e. The van der Waals surface area contributed by atoms with Gasteiger partial charge in [-0.25, -0.2) is 0 Å². The van der Waals surface area contributed by atoms with E-state index in [0.29, 0.717) is 0 Å². The van der Waals surface area contributed by atoms with Gasteiger partial charge in [0.15, 0.2) is 6.10 Å². The summed E-state index contributed by atoms with van der Waals surface area (Å²) in [5.74, 6) is 0. The Morgan fingerprint density at radius 3 is 2.06 bits per heavy atom. The van der Waals surface area contributed by atoms with Crippen LogP contribution in [0, 0.1) is 0 Å². The number of hydrogen-bond donors (Lipinski definition) is 6. The lowest BCUT2D eigenvalue weighted by molar-refractivity contribution is -0.311. The Kier molecular flexibility index (Phi) is 3.57. The lowest BCUT2D eigenvalue weighted by Gasteiger charge is -2.42. The van der Waals surface area contributed by atoms with Crippen molar-refractivity contribution in [3.05, 3.63) is 0 Å². The highest BCUT2D eigenvalue weighted by Crippen LogP contribution is 2.31. The van der Waals surface area contributed by atoms with Crippen LogP contribution in [-0.4, -0.2) is 74.6 Å². The number of rotatable bonds is 2. The van der Waals surface area contributed by atoms with Gasteiger partial charge in [-0.15, -0.1) is 0 Å². The summed E-state index contributed by atoms with van der Waals surface area (Å²) >= 11 is 0. The van der Waals surface area contributed by atoms with Gasteiger partial charge in [-0.05, 0) is 0 Å². The highest BCUT2D eigenvalue weighted by Gasteiger charge is 2.60. The molecule has 1 fully saturated rings. The Labute approximate surface area is 90.3 Å². The van der Waals surface area contributed by atoms with Crippen molar-refractivity contribution in [2.45, 2.75) is 29.5 Å². The van der Waals surface area contributed by atoms with Crippen molar-refractivity contribution < 1.29 is 43.2 Å². The van der Waals surface area contributed by atoms with Crippen LogP contribution in [0.25, 0.3) is 0 Å². The van der Waals surface area contributed by atoms with Crippen LogP contribution in [-0.2, 0) is 14.9 Å². The smallest absolute Gasteiger partial charge is 0.327 e. The van der Waals surface area contributed by atoms with E-state index in [9.17, 15) is 28.8 Å². The van der Waals surface area contributed by atoms with Crippen LogP contribution in [0.15, 0.2) is 0 Å². The van der Waals surface area contributed by atoms with Gasteiger partial charge in [0.25, 0.3) is 0 Å². The fourth-order valence-corrected chi connectivity index (χ4v) is 2.03. The summed E-state index contributed by atoms with van der Waals surface area (Å²) in [4.78, 5) is 0. The zero-order valence-electron chi connectivity index (χ0n) is 7.83. The number of ether oxygens (including phenoxy) is 1. The molecule has 0 aromatic carbocycles. The molecule has 1 saturated heterocycles. The summed E-state index contributed by atoms with van der Waals surface area (Å²) in [6, 6.07) is 0. The van der Waals surface area contributed by atoms with Gasteiger partial charge in [-0.1, -0.05) is 0 Å². The van der Waals surface area contributed by atoms with Crippen LogP contribution in [0.2, 0.25) is 0 Å². The molecule has 0 aliphatic carbocycles. The lowest BCUT2D eigenvalue weighted by atomic mass is 9.99. The molecule has 1 rings (SSSR count). The van der Waals surface area contributed by atoms with Gasteiger partial charge in [0.2, 0.25) is 0 Å². The Hall–Kier alpha value is -0.330. The van der Waals surface area contributed by atoms with E-state index in [-0.39, 0.29) is 0 Å². The van der Waals surface area contributed by atoms with E-state index in [0.717, 1.165) is 0 Å². The van der Waals surface area contributed by atoms with E-state index in [2.05, 4.69) is 4.74 Å². The Balaban J connectivity index is 3.14. The minimum atomic E-state index is -5.27. The molecule has 96 valence electrons. The molecule has 16 heavy (non-hydrogen) atoms. The van der Waals surface area contributed by atoms with E-state index in [1.165, 1.54) is 0 Å². The van der Waals surface area contributed by atoms with Crippen molar-refractivity contribution in [1.82, 2.24) is 0 Å². The molecule has 0 aromatic rings. The topological polar surface area (TPSA) is 165 Å². The summed E-state index contributed by atoms with van der Waals surface area (Å²) in [7, 11) is -5.27. The molecule has 10 heteroatoms. The van der Waals surface area contributed by atoms with Gasteiger partial charge < -0.3 is 30.3 Å². The first-order chi connectivity index (χ1) is 7.15. The van der Waals surface area contributed by atoms with Crippen molar-refractivity contribution >= 4 is 10.1 Å². The van der Waals surface area contributed by atoms with Gasteiger partial charge in [0.05, 0.1) is 6.61 Å². The highest BCUT2D eigenvalue weighted by atomic mass is 32.2. The second-order valence-corrected chi connectivity index (χ2v) is 4.91. The largest absolute Gasteiger partial charge is 0.394 e. The SMILES string of the molecule is O=S(=O)(O)[C@]1(O)O[C@H](CO)[C@@H](O)[C@H](O)[C@H]1O. The molecule has 0 bridgehead atoms. The summed E-state index contributed by atoms with van der Waals surface area (Å²) in [5, 5.41) is 42.2. The molecule has 1 aliphatic rings. The van der Waals surface area contributed by atoms with E-state index in [4.69, 9.17) is 9.66 Å². The Bertz CT molecular complexity index is 351. The predicted molar refractivity (Wildman–Crippen MR) is 46.5 cm³/mol. The first kappa shape index (κ1) is 13.7. The molecule has 0 unspecified atom stereocenters. The minimum absolute atomic E-state index is 0.928. The zero-order chi connectivity index (χ0) is 12.7. The third-order valence-corrected chi connectivity index (χ3v) is 3.37. The minimum Gasteiger partial charge on any atom is -0.394 e. The zero-order valence-corrected chi connectivity index (χ0v) is 8.65. The molecule has 5 atom stereocenters. The van der Waals surface area contributed by atoms with E-state index >= 15 is 0 Å². The van der Waals surface area contributed by atoms with Gasteiger partial charge in [-0.2, -0.15) is 8.42 Å². The van der Waals surface area contributed by atoms with E-state index < -0.39 is 46.3 Å². The molecular formula is C6H12O9S. The van der Waals surface area contributed by atoms with Crippen molar-refractivity contribution in [3.8, 4) is 0 Å². The van der Waals surface area contributed by atoms with Crippen LogP contribution in [0.5, 0.6) is 0 Å². The molecule has 6 N–H and O–H groups in total. The summed E-state index contributed by atoms with van der Waals surface area (Å²) in [6.45, 7) is -0.928. The average molecular weight is 260 g/mol. The first-order valence-corrected chi connectivity index (χ1v) is 5.61. The third-order valence-electron chi connectivity index (χ3n) is 2.30. The van der Waals surface area contributed by atoms with Crippen molar-refractivity contribution in [3.63, 3.8) is 0 Å². The fraction of sp³-hybridized carbons (Fsp3) is 1.00. The fourth-order valence-electron chi connectivity index (χ4n) is 1.34. The molecular weight excluding hydrogens is 248 g/mol. The molecule has 0 saturated carbocycles. The van der Waals surface area contributed by atoms with Crippen LogP contribution in [0.1, 0.15) is 0 Å². The van der Waals surface area contributed by atoms with Crippen molar-refractivity contribution in [2.75, 3.05) is 6.61 Å². The van der Waals surface area contributed by atoms with Gasteiger partial charge >= 0.3 is 15.2 Å². The standard InChI is InChI=1S/C6H12O9S/c7-1-2-3(8)4(9)5(10)6(11,15-2)16(12,13)14/h2-5,7-11H,1H2,(H,12,13,14)/t2-,3-,4+,5-,6-/m1/s1. The van der Waals surface area contributed by atoms with Crippen molar-refractivity contribution in [2.24, 2.45) is 0 Å². The molecule has 1 heterocycles. The van der Waals surface area contributed by atoms with Crippen LogP contribution >= 0.6 is 0 Å². The van der Waals surface area contributed by atoms with Gasteiger partial charge in [0.1, 0.15) is 18.3 Å². The molecule has 1 aliphatic heterocycles. The summed E-state index contributed by atoms with van der Waals surface area (Å²) in [6.07, 6.45) is -8.04. The molecule has 0 amide bonds. The first-order valence-electron chi connectivity index (χ1n) is 4.17. The number of hydrogen-bond acceptors (Lipinski definition) is 8. The molecule has 9 nitrogen and oxygen atoms in total. The van der Waals surface area contributed by atoms with Crippen LogP contribution in [0.3, 0.4) is 0 Å². The Morgan fingerprint density at radius 1 is 1.19 bits per heavy atom. The summed E-state index contributed by atoms with van der Waals surface area (Å²) < 4.78 is 34.5.